The fourth-order valence-corrected chi connectivity index (χ4v) is 6.14. The van der Waals surface area contributed by atoms with E-state index in [-0.39, 0.29) is 32.9 Å². The van der Waals surface area contributed by atoms with Gasteiger partial charge in [-0.2, -0.15) is 18.2 Å². The number of esters is 2. The molecule has 2 bridgehead atoms. The number of benzene rings is 1. The summed E-state index contributed by atoms with van der Waals surface area (Å²) in [5.41, 5.74) is -0.665. The van der Waals surface area contributed by atoms with Crippen molar-refractivity contribution < 1.29 is 66.3 Å². The zero-order valence-electron chi connectivity index (χ0n) is 23.9. The van der Waals surface area contributed by atoms with Gasteiger partial charge in [-0.1, -0.05) is 24.3 Å². The van der Waals surface area contributed by atoms with Crippen LogP contribution in [0.15, 0.2) is 30.3 Å². The minimum Gasteiger partial charge on any atom is -0.458 e. The third-order valence-corrected chi connectivity index (χ3v) is 8.04. The number of rotatable bonds is 11. The molecule has 1 aliphatic carbocycles. The van der Waals surface area contributed by atoms with E-state index in [1.807, 2.05) is 0 Å². The highest BCUT2D eigenvalue weighted by Crippen LogP contribution is 2.55. The Morgan fingerprint density at radius 1 is 1.24 bits per heavy atom. The summed E-state index contributed by atoms with van der Waals surface area (Å²) in [6.45, 7) is -1.11. The number of fused-ring (bicyclic) bond motifs is 4. The van der Waals surface area contributed by atoms with E-state index < -0.39 is 84.6 Å². The Labute approximate surface area is 254 Å². The number of hydrogen-bond acceptors (Lipinski definition) is 12. The molecule has 1 aromatic rings. The van der Waals surface area contributed by atoms with Gasteiger partial charge in [-0.15, -0.1) is 0 Å². The first-order chi connectivity index (χ1) is 21.3. The number of nitrogens with zero attached hydrogens (tertiary/aromatic N) is 1. The molecule has 5 rings (SSSR count). The van der Waals surface area contributed by atoms with Crippen molar-refractivity contribution >= 4 is 29.8 Å². The highest BCUT2D eigenvalue weighted by molar-refractivity contribution is 5.96. The molecule has 0 aromatic heterocycles. The summed E-state index contributed by atoms with van der Waals surface area (Å²) >= 11 is 0. The molecule has 4 fully saturated rings. The van der Waals surface area contributed by atoms with Gasteiger partial charge < -0.3 is 39.8 Å². The second-order valence-electron chi connectivity index (χ2n) is 11.1. The number of carbonyl (C=O) groups excluding carboxylic acids is 4. The molecule has 3 heterocycles. The van der Waals surface area contributed by atoms with Gasteiger partial charge in [0, 0.05) is 19.0 Å². The first-order valence-corrected chi connectivity index (χ1v) is 14.1. The molecule has 1 aromatic carbocycles. The molecule has 45 heavy (non-hydrogen) atoms. The number of nitrogens with one attached hydrogen (secondary N) is 2. The van der Waals surface area contributed by atoms with Crippen molar-refractivity contribution in [3.8, 4) is 0 Å². The lowest BCUT2D eigenvalue weighted by molar-refractivity contribution is -0.201. The Hall–Kier alpha value is -3.61. The largest absolute Gasteiger partial charge is 0.458 e. The molecule has 2 amide bonds. The highest BCUT2D eigenvalue weighted by atomic mass is 19.4. The van der Waals surface area contributed by atoms with Crippen molar-refractivity contribution in [3.63, 3.8) is 0 Å². The smallest absolute Gasteiger partial charge is 0.422 e. The molecular weight excluding hydrogens is 611 g/mol. The zero-order chi connectivity index (χ0) is 32.5. The van der Waals surface area contributed by atoms with Crippen molar-refractivity contribution in [1.29, 1.82) is 0 Å². The van der Waals surface area contributed by atoms with Crippen molar-refractivity contribution in [2.75, 3.05) is 26.6 Å². The van der Waals surface area contributed by atoms with Crippen molar-refractivity contribution in [1.82, 2.24) is 15.7 Å². The highest BCUT2D eigenvalue weighted by Gasteiger charge is 2.74. The minimum atomic E-state index is -4.66. The maximum atomic E-state index is 14.1. The summed E-state index contributed by atoms with van der Waals surface area (Å²) in [7, 11) is 0. The molecular formula is C28H32F3N3O11. The quantitative estimate of drug-likeness (QED) is 0.177. The van der Waals surface area contributed by atoms with Crippen molar-refractivity contribution in [2.45, 2.75) is 68.7 Å². The first kappa shape index (κ1) is 32.8. The zero-order valence-corrected chi connectivity index (χ0v) is 23.9. The van der Waals surface area contributed by atoms with E-state index in [0.29, 0.717) is 11.1 Å². The lowest BCUT2D eigenvalue weighted by atomic mass is 9.62. The van der Waals surface area contributed by atoms with Crippen molar-refractivity contribution in [2.24, 2.45) is 5.41 Å². The molecule has 0 spiro atoms. The number of hydroxylamine groups is 2. The minimum absolute atomic E-state index is 0.0332. The normalized spacial score (nSPS) is 30.4. The van der Waals surface area contributed by atoms with Gasteiger partial charge in [-0.25, -0.2) is 4.79 Å². The molecule has 1 saturated carbocycles. The van der Waals surface area contributed by atoms with Crippen LogP contribution in [0.4, 0.5) is 13.2 Å². The molecule has 3 saturated heterocycles. The summed E-state index contributed by atoms with van der Waals surface area (Å²) in [6.07, 6.45) is -7.38. The summed E-state index contributed by atoms with van der Waals surface area (Å²) in [6, 6.07) is 3.72. The third-order valence-electron chi connectivity index (χ3n) is 8.04. The second kappa shape index (κ2) is 13.0. The summed E-state index contributed by atoms with van der Waals surface area (Å²) in [4.78, 5) is 58.3. The molecule has 14 nitrogen and oxygen atoms in total. The van der Waals surface area contributed by atoms with Gasteiger partial charge in [0.1, 0.15) is 42.7 Å². The Bertz CT molecular complexity index is 1340. The Balaban J connectivity index is 1.40. The average molecular weight is 644 g/mol. The molecule has 0 unspecified atom stereocenters. The van der Waals surface area contributed by atoms with Gasteiger partial charge in [-0.3, -0.25) is 19.2 Å². The number of carbonyl (C=O) groups is 4. The van der Waals surface area contributed by atoms with Crippen molar-refractivity contribution in [3.05, 3.63) is 41.5 Å². The SMILES string of the molecule is C[C@H](O)[C@@H](NC(=O)[C@@]12C[C@H]3OC(=O)[C@@H]1N(Cc1cccc(C=CC(=O)OCC(F)(F)F)c1)O[C@@H]2[C@H]1OCO[C@H]13)C(=O)NCCO. The lowest BCUT2D eigenvalue weighted by Gasteiger charge is -2.49. The number of aliphatic hydroxyl groups is 2. The Kier molecular flexibility index (Phi) is 9.48. The van der Waals surface area contributed by atoms with Crippen LogP contribution in [-0.2, 0) is 49.5 Å². The van der Waals surface area contributed by atoms with Crippen LogP contribution < -0.4 is 10.6 Å². The van der Waals surface area contributed by atoms with Gasteiger partial charge in [-0.05, 0) is 24.1 Å². The average Bonchev–Trinajstić information content (AvgIpc) is 3.61. The number of hydrogen-bond donors (Lipinski definition) is 4. The predicted octanol–water partition coefficient (Wildman–Crippen LogP) is -0.679. The molecule has 4 N–H and O–H groups in total. The van der Waals surface area contributed by atoms with Crippen LogP contribution in [0.2, 0.25) is 0 Å². The van der Waals surface area contributed by atoms with E-state index >= 15 is 0 Å². The van der Waals surface area contributed by atoms with Crippen LogP contribution in [0.3, 0.4) is 0 Å². The van der Waals surface area contributed by atoms with E-state index in [9.17, 15) is 37.5 Å². The number of amides is 2. The molecule has 4 aliphatic rings. The Morgan fingerprint density at radius 3 is 2.71 bits per heavy atom. The van der Waals surface area contributed by atoms with E-state index in [1.165, 1.54) is 18.1 Å². The van der Waals surface area contributed by atoms with Crippen LogP contribution >= 0.6 is 0 Å². The maximum Gasteiger partial charge on any atom is 0.422 e. The fraction of sp³-hybridized carbons (Fsp3) is 0.571. The lowest BCUT2D eigenvalue weighted by Crippen LogP contribution is -2.71. The van der Waals surface area contributed by atoms with Gasteiger partial charge in [0.15, 0.2) is 12.6 Å². The standard InChI is InChI=1S/C28H32F3N3O11/c1-14(36)19(24(38)32-7-8-35)33-26(40)27-10-17-20-21(43-13-42-20)23(27)45-34(22(27)25(39)44-17)11-16-4-2-3-15(9-16)5-6-18(37)41-12-28(29,30)31/h2-6,9,14,17,19-23,35-36H,7-8,10-13H2,1H3,(H,32,38)(H,33,40)/t14-,17+,19+,20-,21-,22-,23+,27-/m0/s1. The van der Waals surface area contributed by atoms with Gasteiger partial charge in [0.25, 0.3) is 0 Å². The topological polar surface area (TPSA) is 182 Å². The van der Waals surface area contributed by atoms with Crippen LogP contribution in [0.25, 0.3) is 6.08 Å². The van der Waals surface area contributed by atoms with Crippen LogP contribution in [-0.4, -0.2) is 114 Å². The van der Waals surface area contributed by atoms with Gasteiger partial charge in [0.05, 0.1) is 19.3 Å². The summed E-state index contributed by atoms with van der Waals surface area (Å²) in [5.74, 6) is -3.47. The fourth-order valence-electron chi connectivity index (χ4n) is 6.14. The van der Waals surface area contributed by atoms with Crippen LogP contribution in [0.1, 0.15) is 24.5 Å². The number of alkyl halides is 3. The molecule has 3 aliphatic heterocycles. The van der Waals surface area contributed by atoms with E-state index in [2.05, 4.69) is 15.4 Å². The number of halogens is 3. The van der Waals surface area contributed by atoms with E-state index in [1.54, 1.807) is 24.3 Å². The summed E-state index contributed by atoms with van der Waals surface area (Å²) in [5, 5.41) is 25.6. The Morgan fingerprint density at radius 2 is 2.00 bits per heavy atom. The van der Waals surface area contributed by atoms with Crippen LogP contribution in [0.5, 0.6) is 0 Å². The van der Waals surface area contributed by atoms with Crippen LogP contribution in [0, 0.1) is 5.41 Å². The van der Waals surface area contributed by atoms with Gasteiger partial charge >= 0.3 is 18.1 Å². The molecule has 246 valence electrons. The number of ether oxygens (including phenoxy) is 4. The van der Waals surface area contributed by atoms with E-state index in [4.69, 9.17) is 24.2 Å². The second-order valence-corrected chi connectivity index (χ2v) is 11.1. The van der Waals surface area contributed by atoms with Gasteiger partial charge in [0.2, 0.25) is 11.8 Å². The summed E-state index contributed by atoms with van der Waals surface area (Å²) < 4.78 is 58.3. The monoisotopic (exact) mass is 643 g/mol. The molecule has 17 heteroatoms. The van der Waals surface area contributed by atoms with E-state index in [0.717, 1.165) is 6.08 Å². The number of aliphatic hydroxyl groups excluding tert-OH is 2. The maximum absolute atomic E-state index is 14.1. The first-order valence-electron chi connectivity index (χ1n) is 14.1. The third kappa shape index (κ3) is 6.68. The predicted molar refractivity (Wildman–Crippen MR) is 142 cm³/mol. The molecule has 8 atom stereocenters. The molecule has 0 radical (unpaired) electrons.